The van der Waals surface area contributed by atoms with Crippen molar-refractivity contribution in [2.45, 2.75) is 24.9 Å². The molecule has 2 rings (SSSR count). The lowest BCUT2D eigenvalue weighted by molar-refractivity contribution is -0.115. The molecule has 0 fully saturated rings. The van der Waals surface area contributed by atoms with Gasteiger partial charge in [0.15, 0.2) is 0 Å². The summed E-state index contributed by atoms with van der Waals surface area (Å²) in [5.74, 6) is 0.993. The summed E-state index contributed by atoms with van der Waals surface area (Å²) in [4.78, 5) is 36.0. The summed E-state index contributed by atoms with van der Waals surface area (Å²) in [6, 6.07) is 8.58. The maximum Gasteiger partial charge on any atom is 0.330 e. The molecule has 1 aromatic heterocycles. The predicted molar refractivity (Wildman–Crippen MR) is 104 cm³/mol. The number of nitrogens with one attached hydrogen (secondary N) is 1. The van der Waals surface area contributed by atoms with Gasteiger partial charge in [0.1, 0.15) is 5.75 Å². The Balaban J connectivity index is 1.97. The van der Waals surface area contributed by atoms with Crippen LogP contribution in [0.4, 0.5) is 5.69 Å². The predicted octanol–water partition coefficient (Wildman–Crippen LogP) is 1.74. The molecule has 1 amide bonds. The number of aromatic nitrogens is 2. The van der Waals surface area contributed by atoms with Gasteiger partial charge in [-0.15, -0.1) is 11.8 Å². The number of ether oxygens (including phenoxy) is 1. The maximum absolute atomic E-state index is 12.3. The molecule has 2 aromatic rings. The number of benzene rings is 1. The highest BCUT2D eigenvalue weighted by molar-refractivity contribution is 7.99. The average molecular weight is 377 g/mol. The van der Waals surface area contributed by atoms with Crippen molar-refractivity contribution in [3.8, 4) is 5.75 Å². The van der Waals surface area contributed by atoms with E-state index in [0.717, 1.165) is 10.3 Å². The molecule has 0 spiro atoms. The fourth-order valence-electron chi connectivity index (χ4n) is 2.25. The fraction of sp³-hybridized carbons (Fsp3) is 0.389. The second-order valence-corrected chi connectivity index (χ2v) is 7.10. The first-order valence-electron chi connectivity index (χ1n) is 8.24. The van der Waals surface area contributed by atoms with Crippen molar-refractivity contribution in [3.05, 3.63) is 56.9 Å². The van der Waals surface area contributed by atoms with E-state index < -0.39 is 0 Å². The van der Waals surface area contributed by atoms with Gasteiger partial charge in [0.2, 0.25) is 5.91 Å². The van der Waals surface area contributed by atoms with Crippen molar-refractivity contribution >= 4 is 23.4 Å². The molecule has 1 unspecified atom stereocenters. The summed E-state index contributed by atoms with van der Waals surface area (Å²) in [6.45, 7) is 4.28. The number of hydrogen-bond acceptors (Lipinski definition) is 5. The molecule has 0 aliphatic carbocycles. The highest BCUT2D eigenvalue weighted by Gasteiger charge is 2.15. The molecule has 0 aliphatic rings. The monoisotopic (exact) mass is 377 g/mol. The lowest BCUT2D eigenvalue weighted by atomic mass is 10.3. The van der Waals surface area contributed by atoms with Gasteiger partial charge in [-0.25, -0.2) is 4.79 Å². The third-order valence-corrected chi connectivity index (χ3v) is 5.09. The van der Waals surface area contributed by atoms with Gasteiger partial charge in [0.05, 0.1) is 11.9 Å². The summed E-state index contributed by atoms with van der Waals surface area (Å²) in [5, 5.41) is 2.50. The van der Waals surface area contributed by atoms with Crippen LogP contribution in [-0.4, -0.2) is 26.9 Å². The Kier molecular flexibility index (Phi) is 6.68. The molecular formula is C18H23N3O4S. The van der Waals surface area contributed by atoms with Gasteiger partial charge in [0.25, 0.3) is 5.56 Å². The van der Waals surface area contributed by atoms with Gasteiger partial charge in [-0.05, 0) is 38.1 Å². The Morgan fingerprint density at radius 1 is 1.19 bits per heavy atom. The van der Waals surface area contributed by atoms with E-state index >= 15 is 0 Å². The number of amides is 1. The first kappa shape index (κ1) is 19.8. The second-order valence-electron chi connectivity index (χ2n) is 5.77. The standard InChI is InChI=1S/C18H23N3O4S/c1-5-25-15-8-6-13(7-9-15)19-17(23)12(2)26-11-14-10-16(22)21(4)18(24)20(14)3/h6-10,12H,5,11H2,1-4H3,(H,19,23). The molecule has 0 bridgehead atoms. The molecule has 1 atom stereocenters. The maximum atomic E-state index is 12.3. The van der Waals surface area contributed by atoms with Gasteiger partial charge >= 0.3 is 5.69 Å². The SMILES string of the molecule is CCOc1ccc(NC(=O)C(C)SCc2cc(=O)n(C)c(=O)n2C)cc1. The van der Waals surface area contributed by atoms with E-state index in [4.69, 9.17) is 4.74 Å². The van der Waals surface area contributed by atoms with Crippen LogP contribution < -0.4 is 21.3 Å². The fourth-order valence-corrected chi connectivity index (χ4v) is 3.16. The van der Waals surface area contributed by atoms with E-state index in [-0.39, 0.29) is 22.4 Å². The molecule has 1 N–H and O–H groups in total. The Hall–Kier alpha value is -2.48. The number of rotatable bonds is 7. The van der Waals surface area contributed by atoms with Crippen LogP contribution in [0, 0.1) is 0 Å². The number of nitrogens with zero attached hydrogens (tertiary/aromatic N) is 2. The van der Waals surface area contributed by atoms with Gasteiger partial charge in [-0.1, -0.05) is 0 Å². The number of carbonyl (C=O) groups is 1. The summed E-state index contributed by atoms with van der Waals surface area (Å²) in [7, 11) is 3.05. The van der Waals surface area contributed by atoms with Crippen LogP contribution in [0.25, 0.3) is 0 Å². The molecule has 8 heteroatoms. The van der Waals surface area contributed by atoms with Crippen LogP contribution in [0.2, 0.25) is 0 Å². The molecule has 0 saturated heterocycles. The van der Waals surface area contributed by atoms with Gasteiger partial charge in [-0.3, -0.25) is 18.7 Å². The molecular weight excluding hydrogens is 354 g/mol. The summed E-state index contributed by atoms with van der Waals surface area (Å²) in [5.41, 5.74) is 0.547. The van der Waals surface area contributed by atoms with E-state index in [9.17, 15) is 14.4 Å². The lowest BCUT2D eigenvalue weighted by Gasteiger charge is -2.14. The van der Waals surface area contributed by atoms with Crippen molar-refractivity contribution < 1.29 is 9.53 Å². The van der Waals surface area contributed by atoms with Crippen molar-refractivity contribution in [2.24, 2.45) is 14.1 Å². The van der Waals surface area contributed by atoms with Crippen LogP contribution in [-0.2, 0) is 24.6 Å². The van der Waals surface area contributed by atoms with E-state index in [0.29, 0.717) is 23.7 Å². The smallest absolute Gasteiger partial charge is 0.330 e. The highest BCUT2D eigenvalue weighted by atomic mass is 32.2. The zero-order valence-electron chi connectivity index (χ0n) is 15.3. The first-order chi connectivity index (χ1) is 12.3. The molecule has 1 heterocycles. The number of hydrogen-bond donors (Lipinski definition) is 1. The van der Waals surface area contributed by atoms with Crippen LogP contribution in [0.5, 0.6) is 5.75 Å². The van der Waals surface area contributed by atoms with Crippen molar-refractivity contribution in [2.75, 3.05) is 11.9 Å². The number of anilines is 1. The van der Waals surface area contributed by atoms with Crippen LogP contribution in [0.3, 0.4) is 0 Å². The normalized spacial score (nSPS) is 11.8. The Morgan fingerprint density at radius 2 is 1.85 bits per heavy atom. The Morgan fingerprint density at radius 3 is 2.46 bits per heavy atom. The van der Waals surface area contributed by atoms with Gasteiger partial charge < -0.3 is 10.1 Å². The minimum Gasteiger partial charge on any atom is -0.494 e. The quantitative estimate of drug-likeness (QED) is 0.795. The van der Waals surface area contributed by atoms with Crippen molar-refractivity contribution in [1.29, 1.82) is 0 Å². The van der Waals surface area contributed by atoms with E-state index in [1.807, 2.05) is 6.92 Å². The minimum absolute atomic E-state index is 0.145. The summed E-state index contributed by atoms with van der Waals surface area (Å²) < 4.78 is 7.84. The molecule has 140 valence electrons. The first-order valence-corrected chi connectivity index (χ1v) is 9.29. The summed E-state index contributed by atoms with van der Waals surface area (Å²) in [6.07, 6.45) is 0. The molecule has 0 saturated carbocycles. The molecule has 0 aliphatic heterocycles. The minimum atomic E-state index is -0.375. The molecule has 1 aromatic carbocycles. The topological polar surface area (TPSA) is 82.3 Å². The number of thioether (sulfide) groups is 1. The number of carbonyl (C=O) groups excluding carboxylic acids is 1. The third-order valence-electron chi connectivity index (χ3n) is 3.91. The Bertz CT molecular complexity index is 887. The third kappa shape index (κ3) is 4.78. The van der Waals surface area contributed by atoms with Gasteiger partial charge in [0, 0.05) is 37.3 Å². The molecule has 7 nitrogen and oxygen atoms in total. The highest BCUT2D eigenvalue weighted by Crippen LogP contribution is 2.20. The van der Waals surface area contributed by atoms with E-state index in [2.05, 4.69) is 5.32 Å². The Labute approximate surface area is 156 Å². The molecule has 26 heavy (non-hydrogen) atoms. The second kappa shape index (κ2) is 8.75. The largest absolute Gasteiger partial charge is 0.494 e. The molecule has 0 radical (unpaired) electrons. The van der Waals surface area contributed by atoms with Crippen LogP contribution in [0.15, 0.2) is 39.9 Å². The van der Waals surface area contributed by atoms with Gasteiger partial charge in [-0.2, -0.15) is 0 Å². The zero-order valence-corrected chi connectivity index (χ0v) is 16.1. The van der Waals surface area contributed by atoms with E-state index in [1.54, 1.807) is 38.2 Å². The van der Waals surface area contributed by atoms with Crippen molar-refractivity contribution in [1.82, 2.24) is 9.13 Å². The summed E-state index contributed by atoms with van der Waals surface area (Å²) >= 11 is 1.36. The van der Waals surface area contributed by atoms with E-state index in [1.165, 1.54) is 29.4 Å². The average Bonchev–Trinajstić information content (AvgIpc) is 2.63. The van der Waals surface area contributed by atoms with Crippen molar-refractivity contribution in [3.63, 3.8) is 0 Å². The van der Waals surface area contributed by atoms with Crippen LogP contribution in [0.1, 0.15) is 19.5 Å². The van der Waals surface area contributed by atoms with Crippen LogP contribution >= 0.6 is 11.8 Å². The zero-order chi connectivity index (χ0) is 19.3. The lowest BCUT2D eigenvalue weighted by Crippen LogP contribution is -2.38.